The summed E-state index contributed by atoms with van der Waals surface area (Å²) >= 11 is 0. The molecule has 184 valence electrons. The van der Waals surface area contributed by atoms with Crippen LogP contribution in [0.25, 0.3) is 0 Å². The molecule has 0 saturated heterocycles. The van der Waals surface area contributed by atoms with E-state index in [0.29, 0.717) is 12.1 Å². The second-order valence-electron chi connectivity index (χ2n) is 8.96. The highest BCUT2D eigenvalue weighted by Gasteiger charge is 2.34. The molecule has 0 spiro atoms. The maximum atomic E-state index is 13.4. The van der Waals surface area contributed by atoms with Crippen molar-refractivity contribution in [3.63, 3.8) is 0 Å². The molecule has 0 aliphatic carbocycles. The lowest BCUT2D eigenvalue weighted by Gasteiger charge is -2.31. The number of nitrogens with zero attached hydrogens (tertiary/aromatic N) is 1. The minimum atomic E-state index is -1.09. The van der Waals surface area contributed by atoms with E-state index in [1.807, 2.05) is 6.07 Å². The van der Waals surface area contributed by atoms with Crippen molar-refractivity contribution >= 4 is 23.8 Å². The van der Waals surface area contributed by atoms with Crippen molar-refractivity contribution in [2.45, 2.75) is 77.5 Å². The molecule has 2 atom stereocenters. The fraction of sp³-hybridized carbons (Fsp3) is 0.583. The molecule has 9 heteroatoms. The Labute approximate surface area is 196 Å². The van der Waals surface area contributed by atoms with Crippen LogP contribution in [0.4, 0.5) is 4.79 Å². The topological polar surface area (TPSA) is 131 Å². The minimum Gasteiger partial charge on any atom is -0.444 e. The van der Waals surface area contributed by atoms with E-state index in [4.69, 9.17) is 10.5 Å². The van der Waals surface area contributed by atoms with E-state index in [0.717, 1.165) is 19.3 Å². The molecule has 33 heavy (non-hydrogen) atoms. The highest BCUT2D eigenvalue weighted by atomic mass is 16.6. The van der Waals surface area contributed by atoms with Crippen LogP contribution >= 0.6 is 0 Å². The number of alkyl carbamates (subject to hydrolysis) is 1. The van der Waals surface area contributed by atoms with Crippen molar-refractivity contribution in [3.8, 4) is 0 Å². The number of primary amides is 1. The van der Waals surface area contributed by atoms with Crippen LogP contribution in [-0.2, 0) is 19.1 Å². The molecule has 2 unspecified atom stereocenters. The highest BCUT2D eigenvalue weighted by Crippen LogP contribution is 2.21. The zero-order valence-corrected chi connectivity index (χ0v) is 20.3. The summed E-state index contributed by atoms with van der Waals surface area (Å²) < 4.78 is 5.26. The van der Waals surface area contributed by atoms with Gasteiger partial charge in [-0.25, -0.2) is 4.79 Å². The number of ether oxygens (including phenoxy) is 1. The summed E-state index contributed by atoms with van der Waals surface area (Å²) in [5, 5.41) is 5.42. The molecule has 0 aliphatic rings. The third-order valence-corrected chi connectivity index (χ3v) is 4.85. The van der Waals surface area contributed by atoms with Crippen LogP contribution in [0.1, 0.15) is 71.4 Å². The number of carbonyl (C=O) groups excluding carboxylic acids is 4. The molecule has 9 nitrogen and oxygen atoms in total. The van der Waals surface area contributed by atoms with E-state index in [-0.39, 0.29) is 18.7 Å². The second-order valence-corrected chi connectivity index (χ2v) is 8.96. The molecule has 1 aromatic rings. The molecule has 0 fully saturated rings. The predicted octanol–water partition coefficient (Wildman–Crippen LogP) is 2.65. The first-order chi connectivity index (χ1) is 15.5. The monoisotopic (exact) mass is 462 g/mol. The first-order valence-corrected chi connectivity index (χ1v) is 11.3. The van der Waals surface area contributed by atoms with Gasteiger partial charge in [0.15, 0.2) is 0 Å². The molecule has 0 saturated carbocycles. The second kappa shape index (κ2) is 13.4. The molecule has 4 N–H and O–H groups in total. The average Bonchev–Trinajstić information content (AvgIpc) is 2.73. The third-order valence-electron chi connectivity index (χ3n) is 4.85. The SMILES string of the molecule is CCCCCNC(=O)C(c1ccccc1)N(C)C(=O)C(CCC(N)=O)NC(=O)OC(C)(C)C. The predicted molar refractivity (Wildman–Crippen MR) is 126 cm³/mol. The van der Waals surface area contributed by atoms with E-state index in [1.54, 1.807) is 45.0 Å². The van der Waals surface area contributed by atoms with Gasteiger partial charge in [-0.3, -0.25) is 14.4 Å². The van der Waals surface area contributed by atoms with E-state index in [2.05, 4.69) is 17.6 Å². The number of nitrogens with two attached hydrogens (primary N) is 1. The summed E-state index contributed by atoms with van der Waals surface area (Å²) in [5.74, 6) is -1.45. The Morgan fingerprint density at radius 3 is 2.27 bits per heavy atom. The van der Waals surface area contributed by atoms with Crippen LogP contribution in [0, 0.1) is 0 Å². The maximum absolute atomic E-state index is 13.4. The van der Waals surface area contributed by atoms with Crippen molar-refractivity contribution in [2.24, 2.45) is 5.73 Å². The third kappa shape index (κ3) is 10.4. The summed E-state index contributed by atoms with van der Waals surface area (Å²) in [6, 6.07) is 6.93. The van der Waals surface area contributed by atoms with Crippen molar-refractivity contribution in [1.82, 2.24) is 15.5 Å². The number of carbonyl (C=O) groups is 4. The van der Waals surface area contributed by atoms with Crippen molar-refractivity contribution < 1.29 is 23.9 Å². The number of benzene rings is 1. The molecule has 0 bridgehead atoms. The lowest BCUT2D eigenvalue weighted by atomic mass is 10.0. The van der Waals surface area contributed by atoms with Crippen LogP contribution in [0.3, 0.4) is 0 Å². The van der Waals surface area contributed by atoms with Gasteiger partial charge in [0.25, 0.3) is 0 Å². The van der Waals surface area contributed by atoms with E-state index < -0.39 is 35.6 Å². The Kier molecular flexibility index (Phi) is 11.4. The largest absolute Gasteiger partial charge is 0.444 e. The summed E-state index contributed by atoms with van der Waals surface area (Å²) in [6.07, 6.45) is 1.92. The maximum Gasteiger partial charge on any atom is 0.408 e. The van der Waals surface area contributed by atoms with Gasteiger partial charge < -0.3 is 26.0 Å². The van der Waals surface area contributed by atoms with E-state index >= 15 is 0 Å². The van der Waals surface area contributed by atoms with Crippen molar-refractivity contribution in [3.05, 3.63) is 35.9 Å². The Balaban J connectivity index is 3.11. The minimum absolute atomic E-state index is 0.0165. The summed E-state index contributed by atoms with van der Waals surface area (Å²) in [6.45, 7) is 7.68. The zero-order chi connectivity index (χ0) is 25.0. The summed E-state index contributed by atoms with van der Waals surface area (Å²) in [5.41, 5.74) is 5.12. The van der Waals surface area contributed by atoms with Crippen LogP contribution in [0.15, 0.2) is 30.3 Å². The molecule has 0 aromatic heterocycles. The number of rotatable bonds is 12. The molecule has 0 heterocycles. The Morgan fingerprint density at radius 1 is 1.09 bits per heavy atom. The Morgan fingerprint density at radius 2 is 1.73 bits per heavy atom. The molecule has 0 radical (unpaired) electrons. The van der Waals surface area contributed by atoms with Gasteiger partial charge in [0, 0.05) is 20.0 Å². The van der Waals surface area contributed by atoms with Crippen LogP contribution in [0.5, 0.6) is 0 Å². The fourth-order valence-corrected chi connectivity index (χ4v) is 3.24. The van der Waals surface area contributed by atoms with Crippen LogP contribution < -0.4 is 16.4 Å². The number of unbranched alkanes of at least 4 members (excludes halogenated alkanes) is 2. The first-order valence-electron chi connectivity index (χ1n) is 11.3. The van der Waals surface area contributed by atoms with Crippen molar-refractivity contribution in [2.75, 3.05) is 13.6 Å². The molecular formula is C24H38N4O5. The van der Waals surface area contributed by atoms with Gasteiger partial charge in [0.1, 0.15) is 17.7 Å². The lowest BCUT2D eigenvalue weighted by Crippen LogP contribution is -2.52. The standard InChI is InChI=1S/C24H38N4O5/c1-6-7-11-16-26-21(30)20(17-12-9-8-10-13-17)28(5)22(31)18(14-15-19(25)29)27-23(32)33-24(2,3)4/h8-10,12-13,18,20H,6-7,11,14-16H2,1-5H3,(H2,25,29)(H,26,30)(H,27,32). The number of amides is 4. The van der Waals surface area contributed by atoms with Gasteiger partial charge in [0.2, 0.25) is 17.7 Å². The summed E-state index contributed by atoms with van der Waals surface area (Å²) in [4.78, 5) is 51.4. The van der Waals surface area contributed by atoms with Gasteiger partial charge in [-0.1, -0.05) is 50.1 Å². The quantitative estimate of drug-likeness (QED) is 0.411. The van der Waals surface area contributed by atoms with Gasteiger partial charge in [-0.2, -0.15) is 0 Å². The fourth-order valence-electron chi connectivity index (χ4n) is 3.24. The number of likely N-dealkylation sites (N-methyl/N-ethyl adjacent to an activating group) is 1. The molecule has 4 amide bonds. The Bertz CT molecular complexity index is 792. The molecule has 1 rings (SSSR count). The van der Waals surface area contributed by atoms with E-state index in [9.17, 15) is 19.2 Å². The van der Waals surface area contributed by atoms with Gasteiger partial charge >= 0.3 is 6.09 Å². The lowest BCUT2D eigenvalue weighted by molar-refractivity contribution is -0.141. The average molecular weight is 463 g/mol. The van der Waals surface area contributed by atoms with Crippen LogP contribution in [0.2, 0.25) is 0 Å². The molecular weight excluding hydrogens is 424 g/mol. The van der Waals surface area contributed by atoms with E-state index in [1.165, 1.54) is 11.9 Å². The molecule has 0 aliphatic heterocycles. The highest BCUT2D eigenvalue weighted by molar-refractivity contribution is 5.92. The normalized spacial score (nSPS) is 12.9. The first kappa shape index (κ1) is 27.9. The van der Waals surface area contributed by atoms with Gasteiger partial charge in [-0.05, 0) is 39.2 Å². The number of hydrogen-bond donors (Lipinski definition) is 3. The number of nitrogens with one attached hydrogen (secondary N) is 2. The summed E-state index contributed by atoms with van der Waals surface area (Å²) in [7, 11) is 1.50. The Hall–Kier alpha value is -3.10. The van der Waals surface area contributed by atoms with Gasteiger partial charge in [0.05, 0.1) is 0 Å². The zero-order valence-electron chi connectivity index (χ0n) is 20.3. The molecule has 1 aromatic carbocycles. The smallest absolute Gasteiger partial charge is 0.408 e. The van der Waals surface area contributed by atoms with Gasteiger partial charge in [-0.15, -0.1) is 0 Å². The van der Waals surface area contributed by atoms with Crippen LogP contribution in [-0.4, -0.2) is 54.0 Å². The number of hydrogen-bond acceptors (Lipinski definition) is 5. The van der Waals surface area contributed by atoms with Crippen molar-refractivity contribution in [1.29, 1.82) is 0 Å².